The molecule has 0 atom stereocenters. The number of halogens is 2. The van der Waals surface area contributed by atoms with Crippen molar-refractivity contribution < 1.29 is 34.4 Å². The van der Waals surface area contributed by atoms with Gasteiger partial charge in [-0.2, -0.15) is 10.2 Å². The maximum Gasteiger partial charge on any atom is 0.169 e. The van der Waals surface area contributed by atoms with Crippen LogP contribution in [0.25, 0.3) is 22.5 Å². The summed E-state index contributed by atoms with van der Waals surface area (Å²) < 4.78 is 16.4. The first-order valence-corrected chi connectivity index (χ1v) is 18.0. The van der Waals surface area contributed by atoms with Gasteiger partial charge in [0.25, 0.3) is 0 Å². The minimum Gasteiger partial charge on any atom is -0.497 e. The predicted octanol–water partition coefficient (Wildman–Crippen LogP) is 6.46. The SMILES string of the molecule is COc1ccc(OCc2cc(Br)ccc2-c2cc(C(C)(C)C(=O)CO)nn2C)cc1.Cn1nc(C(C)(C)C(=O)CO)cc1-c1ccc(Br)cc1CO. The van der Waals surface area contributed by atoms with Gasteiger partial charge in [0, 0.05) is 34.2 Å². The van der Waals surface area contributed by atoms with Crippen molar-refractivity contribution >= 4 is 43.4 Å². The third-order valence-corrected chi connectivity index (χ3v) is 10.0. The van der Waals surface area contributed by atoms with Crippen molar-refractivity contribution in [3.63, 3.8) is 0 Å². The smallest absolute Gasteiger partial charge is 0.169 e. The van der Waals surface area contributed by atoms with Gasteiger partial charge in [-0.25, -0.2) is 0 Å². The first-order chi connectivity index (χ1) is 24.6. The molecular formula is C39H44Br2N4O7. The number of hydrogen-bond donors (Lipinski definition) is 3. The van der Waals surface area contributed by atoms with E-state index < -0.39 is 24.0 Å². The molecule has 5 rings (SSSR count). The molecule has 0 saturated carbocycles. The fourth-order valence-corrected chi connectivity index (χ4v) is 6.26. The molecule has 11 nitrogen and oxygen atoms in total. The summed E-state index contributed by atoms with van der Waals surface area (Å²) >= 11 is 6.92. The summed E-state index contributed by atoms with van der Waals surface area (Å²) in [5.74, 6) is 0.955. The van der Waals surface area contributed by atoms with E-state index in [1.165, 1.54) is 0 Å². The van der Waals surface area contributed by atoms with E-state index in [-0.39, 0.29) is 18.2 Å². The number of Topliss-reactive ketones (excluding diaryl/α,β-unsaturated/α-hetero) is 2. The molecule has 52 heavy (non-hydrogen) atoms. The summed E-state index contributed by atoms with van der Waals surface area (Å²) in [7, 11) is 5.26. The molecule has 0 spiro atoms. The summed E-state index contributed by atoms with van der Waals surface area (Å²) in [6, 6.07) is 22.8. The van der Waals surface area contributed by atoms with Gasteiger partial charge >= 0.3 is 0 Å². The number of benzene rings is 3. The van der Waals surface area contributed by atoms with Gasteiger partial charge in [0.1, 0.15) is 31.3 Å². The minimum absolute atomic E-state index is 0.0890. The van der Waals surface area contributed by atoms with Gasteiger partial charge in [-0.1, -0.05) is 44.0 Å². The maximum absolute atomic E-state index is 12.2. The first-order valence-electron chi connectivity index (χ1n) is 16.4. The van der Waals surface area contributed by atoms with E-state index >= 15 is 0 Å². The van der Waals surface area contributed by atoms with Gasteiger partial charge in [-0.05, 0) is 99.5 Å². The Bertz CT molecular complexity index is 2030. The van der Waals surface area contributed by atoms with E-state index in [1.54, 1.807) is 51.2 Å². The van der Waals surface area contributed by atoms with E-state index in [0.717, 1.165) is 54.1 Å². The molecule has 2 heterocycles. The molecule has 0 aliphatic heterocycles. The monoisotopic (exact) mass is 838 g/mol. The topological polar surface area (TPSA) is 149 Å². The lowest BCUT2D eigenvalue weighted by atomic mass is 9.84. The number of aliphatic hydroxyl groups is 3. The summed E-state index contributed by atoms with van der Waals surface area (Å²) in [5, 5.41) is 36.9. The average Bonchev–Trinajstić information content (AvgIpc) is 3.73. The maximum atomic E-state index is 12.2. The van der Waals surface area contributed by atoms with E-state index in [1.807, 2.05) is 79.8 Å². The van der Waals surface area contributed by atoms with Gasteiger partial charge in [0.15, 0.2) is 11.6 Å². The minimum atomic E-state index is -0.875. The van der Waals surface area contributed by atoms with Crippen LogP contribution < -0.4 is 9.47 Å². The Morgan fingerprint density at radius 1 is 0.673 bits per heavy atom. The molecule has 5 aromatic rings. The van der Waals surface area contributed by atoms with Crippen LogP contribution in [0, 0.1) is 0 Å². The summed E-state index contributed by atoms with van der Waals surface area (Å²) in [4.78, 5) is 24.1. The van der Waals surface area contributed by atoms with Crippen molar-refractivity contribution in [2.45, 2.75) is 51.7 Å². The largest absolute Gasteiger partial charge is 0.497 e. The molecule has 13 heteroatoms. The second-order valence-electron chi connectivity index (χ2n) is 13.2. The molecule has 3 aromatic carbocycles. The summed E-state index contributed by atoms with van der Waals surface area (Å²) in [5.41, 5.74) is 4.71. The van der Waals surface area contributed by atoms with Crippen molar-refractivity contribution in [2.75, 3.05) is 20.3 Å². The van der Waals surface area contributed by atoms with Crippen LogP contribution in [-0.2, 0) is 47.7 Å². The molecule has 0 fully saturated rings. The van der Waals surface area contributed by atoms with Crippen LogP contribution in [0.2, 0.25) is 0 Å². The molecule has 0 saturated heterocycles. The van der Waals surface area contributed by atoms with Gasteiger partial charge in [-0.15, -0.1) is 0 Å². The number of carbonyl (C=O) groups excluding carboxylic acids is 2. The Hall–Kier alpha value is -4.14. The van der Waals surface area contributed by atoms with Crippen LogP contribution >= 0.6 is 31.9 Å². The quantitative estimate of drug-likeness (QED) is 0.122. The van der Waals surface area contributed by atoms with Gasteiger partial charge in [-0.3, -0.25) is 19.0 Å². The Morgan fingerprint density at radius 3 is 1.52 bits per heavy atom. The number of carbonyl (C=O) groups is 2. The van der Waals surface area contributed by atoms with Gasteiger partial charge in [0.05, 0.1) is 47.3 Å². The molecule has 2 aromatic heterocycles. The van der Waals surface area contributed by atoms with Crippen LogP contribution in [0.4, 0.5) is 0 Å². The van der Waals surface area contributed by atoms with Gasteiger partial charge < -0.3 is 24.8 Å². The van der Waals surface area contributed by atoms with Crippen LogP contribution in [0.1, 0.15) is 50.2 Å². The average molecular weight is 841 g/mol. The fraction of sp³-hybridized carbons (Fsp3) is 0.333. The van der Waals surface area contributed by atoms with Crippen molar-refractivity contribution in [2.24, 2.45) is 14.1 Å². The molecule has 0 aliphatic rings. The zero-order valence-electron chi connectivity index (χ0n) is 30.3. The Kier molecular flexibility index (Phi) is 13.4. The predicted molar refractivity (Wildman–Crippen MR) is 206 cm³/mol. The van der Waals surface area contributed by atoms with Crippen molar-refractivity contribution in [3.05, 3.63) is 104 Å². The lowest BCUT2D eigenvalue weighted by molar-refractivity contribution is -0.127. The molecular weight excluding hydrogens is 796 g/mol. The van der Waals surface area contributed by atoms with E-state index in [0.29, 0.717) is 18.0 Å². The molecule has 0 unspecified atom stereocenters. The number of aliphatic hydroxyl groups excluding tert-OH is 3. The van der Waals surface area contributed by atoms with Crippen molar-refractivity contribution in [1.29, 1.82) is 0 Å². The molecule has 0 amide bonds. The van der Waals surface area contributed by atoms with Crippen molar-refractivity contribution in [3.8, 4) is 34.0 Å². The number of aryl methyl sites for hydroxylation is 2. The van der Waals surface area contributed by atoms with Crippen molar-refractivity contribution in [1.82, 2.24) is 19.6 Å². The summed E-state index contributed by atoms with van der Waals surface area (Å²) in [6.45, 7) is 6.27. The lowest BCUT2D eigenvalue weighted by Crippen LogP contribution is -2.32. The number of aromatic nitrogens is 4. The molecule has 0 radical (unpaired) electrons. The molecule has 276 valence electrons. The number of ether oxygens (including phenoxy) is 2. The highest BCUT2D eigenvalue weighted by Gasteiger charge is 2.33. The third kappa shape index (κ3) is 9.07. The first kappa shape index (κ1) is 40.6. The van der Waals surface area contributed by atoms with Crippen LogP contribution in [-0.4, -0.2) is 66.8 Å². The van der Waals surface area contributed by atoms with Gasteiger partial charge in [0.2, 0.25) is 0 Å². The number of methoxy groups -OCH3 is 1. The second-order valence-corrected chi connectivity index (χ2v) is 15.0. The highest BCUT2D eigenvalue weighted by atomic mass is 79.9. The molecule has 0 bridgehead atoms. The van der Waals surface area contributed by atoms with E-state index in [2.05, 4.69) is 42.1 Å². The third-order valence-electron chi connectivity index (χ3n) is 9.03. The standard InChI is InChI=1S/C23H25BrN2O4.C16H19BrN2O3/c1-23(2,22(28)13-27)21-12-20(26(3)25-21)19-10-5-16(24)11-15(19)14-30-18-8-6-17(29-4)7-9-18;1-16(2,15(22)9-21)14-7-13(19(3)18-14)12-5-4-11(17)6-10(12)8-20/h5-12,27H,13-14H2,1-4H3;4-7,20-21H,8-9H2,1-3H3. The summed E-state index contributed by atoms with van der Waals surface area (Å²) in [6.07, 6.45) is 0. The molecule has 3 N–H and O–H groups in total. The zero-order valence-corrected chi connectivity index (χ0v) is 33.4. The van der Waals surface area contributed by atoms with E-state index in [4.69, 9.17) is 14.6 Å². The fourth-order valence-electron chi connectivity index (χ4n) is 5.44. The second kappa shape index (κ2) is 17.1. The molecule has 0 aliphatic carbocycles. The van der Waals surface area contributed by atoms with Crippen LogP contribution in [0.3, 0.4) is 0 Å². The number of rotatable bonds is 13. The van der Waals surface area contributed by atoms with E-state index in [9.17, 15) is 19.8 Å². The van der Waals surface area contributed by atoms with Crippen LogP contribution in [0.15, 0.2) is 81.7 Å². The normalized spacial score (nSPS) is 11.5. The lowest BCUT2D eigenvalue weighted by Gasteiger charge is -2.18. The van der Waals surface area contributed by atoms with Crippen LogP contribution in [0.5, 0.6) is 11.5 Å². The Morgan fingerprint density at radius 2 is 1.10 bits per heavy atom. The Labute approximate surface area is 320 Å². The number of hydrogen-bond acceptors (Lipinski definition) is 9. The number of nitrogens with zero attached hydrogens (tertiary/aromatic N) is 4. The Balaban J connectivity index is 0.000000244. The highest BCUT2D eigenvalue weighted by molar-refractivity contribution is 9.10. The number of ketones is 2. The zero-order chi connectivity index (χ0) is 38.4. The highest BCUT2D eigenvalue weighted by Crippen LogP contribution is 2.33.